The molecule has 2 N–H and O–H groups in total. The molecule has 0 bridgehead atoms. The highest BCUT2D eigenvalue weighted by atomic mass is 32.1. The molecule has 1 heterocycles. The summed E-state index contributed by atoms with van der Waals surface area (Å²) in [5.41, 5.74) is 2.21. The lowest BCUT2D eigenvalue weighted by Crippen LogP contribution is -2.20. The van der Waals surface area contributed by atoms with Crippen molar-refractivity contribution in [3.8, 4) is 5.75 Å². The minimum Gasteiger partial charge on any atom is -0.465 e. The van der Waals surface area contributed by atoms with Crippen LogP contribution in [0, 0.1) is 0 Å². The van der Waals surface area contributed by atoms with Crippen molar-refractivity contribution in [3.05, 3.63) is 40.3 Å². The fourth-order valence-electron chi connectivity index (χ4n) is 3.13. The number of halogens is 2. The van der Waals surface area contributed by atoms with Gasteiger partial charge < -0.3 is 20.1 Å². The highest BCUT2D eigenvalue weighted by Gasteiger charge is 2.25. The lowest BCUT2D eigenvalue weighted by Gasteiger charge is -2.12. The Morgan fingerprint density at radius 3 is 2.54 bits per heavy atom. The maximum absolute atomic E-state index is 12.4. The fraction of sp³-hybridized carbons (Fsp3) is 0.368. The number of rotatable bonds is 5. The van der Waals surface area contributed by atoms with Crippen molar-refractivity contribution in [3.63, 3.8) is 0 Å². The molecule has 150 valence electrons. The third-order valence-electron chi connectivity index (χ3n) is 4.38. The smallest absolute Gasteiger partial charge is 0.387 e. The van der Waals surface area contributed by atoms with Crippen molar-refractivity contribution in [1.29, 1.82) is 0 Å². The van der Waals surface area contributed by atoms with E-state index in [1.807, 2.05) is 0 Å². The Morgan fingerprint density at radius 2 is 1.86 bits per heavy atom. The van der Waals surface area contributed by atoms with Crippen molar-refractivity contribution < 1.29 is 23.0 Å². The van der Waals surface area contributed by atoms with Gasteiger partial charge in [0.2, 0.25) is 0 Å². The Hall–Kier alpha value is -2.26. The summed E-state index contributed by atoms with van der Waals surface area (Å²) in [6.07, 6.45) is 5.09. The van der Waals surface area contributed by atoms with Gasteiger partial charge in [-0.1, -0.05) is 6.42 Å². The van der Waals surface area contributed by atoms with Crippen LogP contribution in [0.3, 0.4) is 0 Å². The second kappa shape index (κ2) is 9.29. The van der Waals surface area contributed by atoms with Crippen LogP contribution in [-0.2, 0) is 17.6 Å². The van der Waals surface area contributed by atoms with E-state index in [0.717, 1.165) is 37.7 Å². The number of aryl methyl sites for hydroxylation is 1. The summed E-state index contributed by atoms with van der Waals surface area (Å²) in [6, 6.07) is 6.00. The standard InChI is InChI=1S/C19H20F2N2O3S2/c1-25-17(24)15-13-5-3-2-4-6-14(13)28-16(15)23-19(27)22-11-7-9-12(10-8-11)26-18(20)21/h7-10,18H,2-6H2,1H3,(H2,22,23,27). The molecular weight excluding hydrogens is 406 g/mol. The molecule has 1 aliphatic rings. The number of thiophene rings is 1. The molecular formula is C19H20F2N2O3S2. The molecule has 9 heteroatoms. The van der Waals surface area contributed by atoms with Gasteiger partial charge in [0.15, 0.2) is 5.11 Å². The van der Waals surface area contributed by atoms with Gasteiger partial charge in [-0.2, -0.15) is 8.78 Å². The number of fused-ring (bicyclic) bond motifs is 1. The normalized spacial score (nSPS) is 13.4. The van der Waals surface area contributed by atoms with Crippen molar-refractivity contribution in [1.82, 2.24) is 0 Å². The second-order valence-electron chi connectivity index (χ2n) is 6.24. The van der Waals surface area contributed by atoms with E-state index in [2.05, 4.69) is 15.4 Å². The Balaban J connectivity index is 1.74. The second-order valence-corrected chi connectivity index (χ2v) is 7.76. The molecule has 1 aromatic heterocycles. The molecule has 0 spiro atoms. The molecule has 2 aromatic rings. The minimum absolute atomic E-state index is 0.0643. The molecule has 0 atom stereocenters. The lowest BCUT2D eigenvalue weighted by atomic mass is 10.1. The molecule has 1 aliphatic carbocycles. The first-order chi connectivity index (χ1) is 13.5. The molecule has 0 amide bonds. The number of hydrogen-bond donors (Lipinski definition) is 2. The largest absolute Gasteiger partial charge is 0.465 e. The van der Waals surface area contributed by atoms with E-state index in [4.69, 9.17) is 17.0 Å². The maximum atomic E-state index is 12.4. The summed E-state index contributed by atoms with van der Waals surface area (Å²) in [5, 5.41) is 7.02. The number of ether oxygens (including phenoxy) is 2. The van der Waals surface area contributed by atoms with Crippen LogP contribution in [-0.4, -0.2) is 24.8 Å². The molecule has 0 aliphatic heterocycles. The molecule has 0 saturated heterocycles. The summed E-state index contributed by atoms with van der Waals surface area (Å²) >= 11 is 6.88. The lowest BCUT2D eigenvalue weighted by molar-refractivity contribution is -0.0498. The van der Waals surface area contributed by atoms with Gasteiger partial charge in [-0.15, -0.1) is 11.3 Å². The van der Waals surface area contributed by atoms with E-state index in [9.17, 15) is 13.6 Å². The van der Waals surface area contributed by atoms with Crippen molar-refractivity contribution in [2.45, 2.75) is 38.7 Å². The topological polar surface area (TPSA) is 59.6 Å². The first-order valence-corrected chi connectivity index (χ1v) is 10.1. The summed E-state index contributed by atoms with van der Waals surface area (Å²) < 4.78 is 33.7. The quantitative estimate of drug-likeness (QED) is 0.389. The summed E-state index contributed by atoms with van der Waals surface area (Å²) in [4.78, 5) is 13.5. The van der Waals surface area contributed by atoms with Crippen LogP contribution in [0.4, 0.5) is 19.5 Å². The van der Waals surface area contributed by atoms with Crippen LogP contribution >= 0.6 is 23.6 Å². The van der Waals surface area contributed by atoms with Crippen LogP contribution in [0.25, 0.3) is 0 Å². The first kappa shape index (κ1) is 20.5. The molecule has 3 rings (SSSR count). The van der Waals surface area contributed by atoms with E-state index in [0.29, 0.717) is 21.4 Å². The zero-order valence-corrected chi connectivity index (χ0v) is 16.9. The Bertz CT molecular complexity index is 854. The van der Waals surface area contributed by atoms with Crippen LogP contribution in [0.1, 0.15) is 40.1 Å². The van der Waals surface area contributed by atoms with E-state index in [1.165, 1.54) is 35.5 Å². The van der Waals surface area contributed by atoms with Gasteiger partial charge in [-0.3, -0.25) is 0 Å². The number of nitrogens with one attached hydrogen (secondary N) is 2. The van der Waals surface area contributed by atoms with Gasteiger partial charge in [-0.25, -0.2) is 4.79 Å². The predicted octanol–water partition coefficient (Wildman–Crippen LogP) is 5.21. The summed E-state index contributed by atoms with van der Waals surface area (Å²) in [5.74, 6) is -0.312. The maximum Gasteiger partial charge on any atom is 0.387 e. The van der Waals surface area contributed by atoms with Gasteiger partial charge in [-0.05, 0) is 67.7 Å². The number of anilines is 2. The van der Waals surface area contributed by atoms with E-state index in [1.54, 1.807) is 12.1 Å². The van der Waals surface area contributed by atoms with Crippen LogP contribution < -0.4 is 15.4 Å². The number of carbonyl (C=O) groups excluding carboxylic acids is 1. The van der Waals surface area contributed by atoms with Crippen molar-refractivity contribution >= 4 is 45.3 Å². The van der Waals surface area contributed by atoms with Crippen LogP contribution in [0.15, 0.2) is 24.3 Å². The first-order valence-electron chi connectivity index (χ1n) is 8.83. The number of benzene rings is 1. The van der Waals surface area contributed by atoms with Gasteiger partial charge in [0.05, 0.1) is 12.7 Å². The number of esters is 1. The molecule has 0 radical (unpaired) electrons. The number of methoxy groups -OCH3 is 1. The number of hydrogen-bond acceptors (Lipinski definition) is 5. The zero-order chi connectivity index (χ0) is 20.1. The van der Waals surface area contributed by atoms with Crippen LogP contribution in [0.2, 0.25) is 0 Å². The van der Waals surface area contributed by atoms with E-state index in [-0.39, 0.29) is 11.7 Å². The molecule has 0 unspecified atom stereocenters. The monoisotopic (exact) mass is 426 g/mol. The average Bonchev–Trinajstić information content (AvgIpc) is 2.83. The van der Waals surface area contributed by atoms with Crippen molar-refractivity contribution in [2.75, 3.05) is 17.7 Å². The minimum atomic E-state index is -2.87. The zero-order valence-electron chi connectivity index (χ0n) is 15.2. The van der Waals surface area contributed by atoms with E-state index >= 15 is 0 Å². The predicted molar refractivity (Wildman–Crippen MR) is 110 cm³/mol. The average molecular weight is 427 g/mol. The number of alkyl halides is 2. The summed E-state index contributed by atoms with van der Waals surface area (Å²) in [7, 11) is 1.37. The Morgan fingerprint density at radius 1 is 1.14 bits per heavy atom. The Kier molecular flexibility index (Phi) is 6.79. The Labute approximate surface area is 171 Å². The molecule has 0 fully saturated rings. The third-order valence-corrected chi connectivity index (χ3v) is 5.79. The third kappa shape index (κ3) is 4.96. The molecule has 28 heavy (non-hydrogen) atoms. The highest BCUT2D eigenvalue weighted by molar-refractivity contribution is 7.80. The SMILES string of the molecule is COC(=O)c1c(NC(=S)Nc2ccc(OC(F)F)cc2)sc2c1CCCCC2. The highest BCUT2D eigenvalue weighted by Crippen LogP contribution is 2.38. The molecule has 5 nitrogen and oxygen atoms in total. The number of thiocarbonyl (C=S) groups is 1. The molecule has 1 aromatic carbocycles. The number of carbonyl (C=O) groups is 1. The van der Waals surface area contributed by atoms with Gasteiger partial charge in [0.25, 0.3) is 0 Å². The summed E-state index contributed by atoms with van der Waals surface area (Å²) in [6.45, 7) is -2.87. The van der Waals surface area contributed by atoms with Crippen LogP contribution in [0.5, 0.6) is 5.75 Å². The van der Waals surface area contributed by atoms with Gasteiger partial charge in [0, 0.05) is 10.6 Å². The van der Waals surface area contributed by atoms with Gasteiger partial charge >= 0.3 is 12.6 Å². The molecule has 0 saturated carbocycles. The van der Waals surface area contributed by atoms with Crippen molar-refractivity contribution in [2.24, 2.45) is 0 Å². The van der Waals surface area contributed by atoms with E-state index < -0.39 is 6.61 Å². The van der Waals surface area contributed by atoms with Gasteiger partial charge in [0.1, 0.15) is 10.8 Å². The fourth-order valence-corrected chi connectivity index (χ4v) is 4.70.